The average molecular weight is 431 g/mol. The number of hydrogen-bond donors (Lipinski definition) is 1. The van der Waals surface area contributed by atoms with Crippen LogP contribution in [0.25, 0.3) is 0 Å². The summed E-state index contributed by atoms with van der Waals surface area (Å²) in [7, 11) is 2.31. The van der Waals surface area contributed by atoms with Crippen molar-refractivity contribution >= 4 is 29.2 Å². The predicted molar refractivity (Wildman–Crippen MR) is 113 cm³/mol. The van der Waals surface area contributed by atoms with E-state index in [1.807, 2.05) is 32.6 Å². The van der Waals surface area contributed by atoms with Crippen molar-refractivity contribution in [3.8, 4) is 0 Å². The zero-order chi connectivity index (χ0) is 23.5. The Morgan fingerprint density at radius 3 is 1.84 bits per heavy atom. The number of methoxy groups -OCH3 is 2. The van der Waals surface area contributed by atoms with E-state index in [-0.39, 0.29) is 46.0 Å². The van der Waals surface area contributed by atoms with Crippen molar-refractivity contribution in [2.45, 2.75) is 39.8 Å². The number of esters is 2. The summed E-state index contributed by atoms with van der Waals surface area (Å²) in [5, 5.41) is 10.9. The third kappa shape index (κ3) is 4.57. The van der Waals surface area contributed by atoms with E-state index < -0.39 is 22.6 Å². The lowest BCUT2D eigenvalue weighted by Crippen LogP contribution is -2.38. The summed E-state index contributed by atoms with van der Waals surface area (Å²) in [6.07, 6.45) is 0. The molecular formula is C21H25N3O7. The van der Waals surface area contributed by atoms with Gasteiger partial charge in [-0.2, -0.15) is 0 Å². The van der Waals surface area contributed by atoms with Crippen LogP contribution in [0, 0.1) is 10.1 Å². The van der Waals surface area contributed by atoms with E-state index in [4.69, 9.17) is 9.47 Å². The number of aromatic amines is 1. The molecule has 1 aromatic carbocycles. The van der Waals surface area contributed by atoms with Gasteiger partial charge in [-0.15, -0.1) is 0 Å². The molecule has 0 amide bonds. The quantitative estimate of drug-likeness (QED) is 0.291. The third-order valence-electron chi connectivity index (χ3n) is 4.70. The molecule has 0 atom stereocenters. The maximum absolute atomic E-state index is 13.2. The fourth-order valence-corrected chi connectivity index (χ4v) is 3.45. The molecule has 1 aromatic heterocycles. The van der Waals surface area contributed by atoms with E-state index in [2.05, 4.69) is 4.98 Å². The van der Waals surface area contributed by atoms with Crippen molar-refractivity contribution in [1.29, 1.82) is 0 Å². The van der Waals surface area contributed by atoms with Crippen molar-refractivity contribution < 1.29 is 28.8 Å². The maximum atomic E-state index is 13.2. The minimum Gasteiger partial charge on any atom is -0.465 e. The van der Waals surface area contributed by atoms with Crippen LogP contribution in [0.3, 0.4) is 0 Å². The van der Waals surface area contributed by atoms with Gasteiger partial charge in [0.25, 0.3) is 5.69 Å². The first-order valence-corrected chi connectivity index (χ1v) is 9.55. The summed E-state index contributed by atoms with van der Waals surface area (Å²) in [5.74, 6) is -2.07. The molecule has 2 aromatic rings. The van der Waals surface area contributed by atoms with Gasteiger partial charge in [0.2, 0.25) is 5.78 Å². The maximum Gasteiger partial charge on any atom is 0.342 e. The molecule has 31 heavy (non-hydrogen) atoms. The Hall–Kier alpha value is -3.69. The number of H-pyrrole nitrogens is 1. The number of nitrogens with zero attached hydrogens (tertiary/aromatic N) is 2. The van der Waals surface area contributed by atoms with Crippen molar-refractivity contribution in [3.63, 3.8) is 0 Å². The second-order valence-corrected chi connectivity index (χ2v) is 7.31. The van der Waals surface area contributed by atoms with Gasteiger partial charge in [0, 0.05) is 29.8 Å². The molecule has 10 nitrogen and oxygen atoms in total. The largest absolute Gasteiger partial charge is 0.465 e. The molecule has 0 radical (unpaired) electrons. The minimum atomic E-state index is -0.888. The number of ether oxygens (including phenoxy) is 2. The number of nitro benzene ring substituents is 1. The van der Waals surface area contributed by atoms with Crippen LogP contribution in [0.15, 0.2) is 24.3 Å². The number of non-ortho nitro benzene ring substituents is 1. The van der Waals surface area contributed by atoms with E-state index in [1.165, 1.54) is 31.4 Å². The molecule has 1 heterocycles. The minimum absolute atomic E-state index is 0.0881. The second-order valence-electron chi connectivity index (χ2n) is 7.31. The van der Waals surface area contributed by atoms with E-state index >= 15 is 0 Å². The zero-order valence-electron chi connectivity index (χ0n) is 18.2. The number of anilines is 1. The predicted octanol–water partition coefficient (Wildman–Crippen LogP) is 3.35. The molecule has 0 aliphatic heterocycles. The van der Waals surface area contributed by atoms with Gasteiger partial charge in [-0.25, -0.2) is 9.59 Å². The third-order valence-corrected chi connectivity index (χ3v) is 4.70. The first-order chi connectivity index (χ1) is 14.5. The SMILES string of the molecule is COC(=O)c1c(C(=O)c2ccc([N+](=O)[O-])cc2)[nH]c(N(C(C)C)C(C)C)c1C(=O)OC. The van der Waals surface area contributed by atoms with Gasteiger partial charge in [0.1, 0.15) is 22.6 Å². The lowest BCUT2D eigenvalue weighted by atomic mass is 10.0. The Labute approximate surface area is 179 Å². The van der Waals surface area contributed by atoms with Gasteiger partial charge in [-0.05, 0) is 39.8 Å². The first kappa shape index (κ1) is 23.6. The number of carbonyl (C=O) groups excluding carboxylic acids is 3. The second kappa shape index (κ2) is 9.41. The van der Waals surface area contributed by atoms with Crippen LogP contribution in [-0.4, -0.2) is 53.9 Å². The number of rotatable bonds is 8. The fourth-order valence-electron chi connectivity index (χ4n) is 3.45. The van der Waals surface area contributed by atoms with Gasteiger partial charge in [0.05, 0.1) is 19.1 Å². The van der Waals surface area contributed by atoms with E-state index in [1.54, 1.807) is 0 Å². The van der Waals surface area contributed by atoms with Crippen LogP contribution >= 0.6 is 0 Å². The average Bonchev–Trinajstić information content (AvgIpc) is 3.11. The molecule has 0 saturated carbocycles. The molecule has 0 saturated heterocycles. The van der Waals surface area contributed by atoms with Gasteiger partial charge in [0.15, 0.2) is 0 Å². The van der Waals surface area contributed by atoms with Crippen LogP contribution in [0.1, 0.15) is 64.5 Å². The summed E-state index contributed by atoms with van der Waals surface area (Å²) in [4.78, 5) is 53.6. The highest BCUT2D eigenvalue weighted by Crippen LogP contribution is 2.32. The summed E-state index contributed by atoms with van der Waals surface area (Å²) >= 11 is 0. The Balaban J connectivity index is 2.79. The number of aromatic nitrogens is 1. The Morgan fingerprint density at radius 2 is 1.42 bits per heavy atom. The summed E-state index contributed by atoms with van der Waals surface area (Å²) in [6, 6.07) is 4.75. The molecule has 0 bridgehead atoms. The highest BCUT2D eigenvalue weighted by Gasteiger charge is 2.35. The molecular weight excluding hydrogens is 406 g/mol. The van der Waals surface area contributed by atoms with Crippen LogP contribution in [0.4, 0.5) is 11.5 Å². The molecule has 166 valence electrons. The standard InChI is InChI=1S/C21H25N3O7/c1-11(2)23(12(3)4)19-16(21(27)31-6)15(20(26)30-5)17(22-19)18(25)13-7-9-14(10-8-13)24(28)29/h7-12,22H,1-6H3. The normalized spacial score (nSPS) is 10.8. The first-order valence-electron chi connectivity index (χ1n) is 9.55. The molecule has 0 aliphatic carbocycles. The number of benzene rings is 1. The van der Waals surface area contributed by atoms with E-state index in [0.29, 0.717) is 0 Å². The summed E-state index contributed by atoms with van der Waals surface area (Å²) in [6.45, 7) is 7.60. The van der Waals surface area contributed by atoms with E-state index in [9.17, 15) is 24.5 Å². The summed E-state index contributed by atoms with van der Waals surface area (Å²) < 4.78 is 9.72. The number of nitrogens with one attached hydrogen (secondary N) is 1. The van der Waals surface area contributed by atoms with Crippen molar-refractivity contribution in [2.75, 3.05) is 19.1 Å². The number of hydrogen-bond acceptors (Lipinski definition) is 8. The van der Waals surface area contributed by atoms with E-state index in [0.717, 1.165) is 7.11 Å². The smallest absolute Gasteiger partial charge is 0.342 e. The van der Waals surface area contributed by atoms with Gasteiger partial charge < -0.3 is 19.4 Å². The Kier molecular flexibility index (Phi) is 7.16. The zero-order valence-corrected chi connectivity index (χ0v) is 18.2. The van der Waals surface area contributed by atoms with Crippen LogP contribution in [0.2, 0.25) is 0 Å². The highest BCUT2D eigenvalue weighted by molar-refractivity contribution is 6.18. The highest BCUT2D eigenvalue weighted by atomic mass is 16.6. The van der Waals surface area contributed by atoms with Crippen LogP contribution < -0.4 is 4.90 Å². The van der Waals surface area contributed by atoms with Crippen LogP contribution in [0.5, 0.6) is 0 Å². The summed E-state index contributed by atoms with van der Waals surface area (Å²) in [5.41, 5.74) is -0.609. The van der Waals surface area contributed by atoms with Crippen LogP contribution in [-0.2, 0) is 9.47 Å². The van der Waals surface area contributed by atoms with Gasteiger partial charge in [-0.3, -0.25) is 14.9 Å². The molecule has 0 spiro atoms. The molecule has 2 rings (SSSR count). The topological polar surface area (TPSA) is 132 Å². The molecule has 10 heteroatoms. The lowest BCUT2D eigenvalue weighted by Gasteiger charge is -2.32. The Morgan fingerprint density at radius 1 is 0.935 bits per heavy atom. The van der Waals surface area contributed by atoms with Gasteiger partial charge >= 0.3 is 11.9 Å². The van der Waals surface area contributed by atoms with Crippen molar-refractivity contribution in [2.24, 2.45) is 0 Å². The number of carbonyl (C=O) groups is 3. The number of ketones is 1. The lowest BCUT2D eigenvalue weighted by molar-refractivity contribution is -0.384. The van der Waals surface area contributed by atoms with Crippen molar-refractivity contribution in [1.82, 2.24) is 4.98 Å². The monoisotopic (exact) mass is 431 g/mol. The molecule has 0 aliphatic rings. The molecule has 1 N–H and O–H groups in total. The molecule has 0 unspecified atom stereocenters. The fraction of sp³-hybridized carbons (Fsp3) is 0.381. The van der Waals surface area contributed by atoms with Gasteiger partial charge in [-0.1, -0.05) is 0 Å². The molecule has 0 fully saturated rings. The number of nitro groups is 1. The Bertz CT molecular complexity index is 999. The van der Waals surface area contributed by atoms with Crippen molar-refractivity contribution in [3.05, 3.63) is 56.8 Å².